The molecule has 0 bridgehead atoms. The minimum atomic E-state index is -0.360. The van der Waals surface area contributed by atoms with E-state index in [0.29, 0.717) is 34.2 Å². The molecule has 0 atom stereocenters. The Morgan fingerprint density at radius 3 is 2.59 bits per heavy atom. The summed E-state index contributed by atoms with van der Waals surface area (Å²) in [6.45, 7) is 6.49. The predicted molar refractivity (Wildman–Crippen MR) is 107 cm³/mol. The van der Waals surface area contributed by atoms with Crippen LogP contribution in [0.25, 0.3) is 11.0 Å². The van der Waals surface area contributed by atoms with Crippen LogP contribution in [0, 0.1) is 0 Å². The summed E-state index contributed by atoms with van der Waals surface area (Å²) in [5, 5.41) is 0.996. The largest absolute Gasteiger partial charge is 0.332 e. The van der Waals surface area contributed by atoms with E-state index < -0.39 is 0 Å². The summed E-state index contributed by atoms with van der Waals surface area (Å²) >= 11 is 1.45. The van der Waals surface area contributed by atoms with Gasteiger partial charge in [0.25, 0.3) is 5.56 Å². The molecule has 3 rings (SSSR count). The number of aromatic nitrogens is 5. The maximum Gasteiger partial charge on any atom is 0.332 e. The number of hydrogen-bond donors (Lipinski definition) is 0. The van der Waals surface area contributed by atoms with Crippen molar-refractivity contribution in [1.82, 2.24) is 24.1 Å². The summed E-state index contributed by atoms with van der Waals surface area (Å²) in [7, 11) is 1.50. The van der Waals surface area contributed by atoms with E-state index >= 15 is 0 Å². The van der Waals surface area contributed by atoms with Crippen LogP contribution in [0.3, 0.4) is 0 Å². The highest BCUT2D eigenvalue weighted by Crippen LogP contribution is 2.27. The summed E-state index contributed by atoms with van der Waals surface area (Å²) in [4.78, 5) is 39.0. The van der Waals surface area contributed by atoms with Gasteiger partial charge in [0.2, 0.25) is 0 Å². The molecular weight excluding hydrogens is 362 g/mol. The second-order valence-electron chi connectivity index (χ2n) is 6.65. The number of rotatable bonds is 6. The normalized spacial score (nSPS) is 11.4. The summed E-state index contributed by atoms with van der Waals surface area (Å²) in [5.41, 5.74) is 0.621. The van der Waals surface area contributed by atoms with Crippen molar-refractivity contribution in [3.05, 3.63) is 56.8 Å². The first-order chi connectivity index (χ1) is 12.9. The molecule has 27 heavy (non-hydrogen) atoms. The molecule has 3 aromatic heterocycles. The van der Waals surface area contributed by atoms with Crippen molar-refractivity contribution < 1.29 is 0 Å². The van der Waals surface area contributed by atoms with E-state index in [0.717, 1.165) is 16.7 Å². The summed E-state index contributed by atoms with van der Waals surface area (Å²) < 4.78 is 2.72. The lowest BCUT2D eigenvalue weighted by molar-refractivity contribution is 0.603. The van der Waals surface area contributed by atoms with Crippen LogP contribution in [-0.2, 0) is 19.3 Å². The maximum atomic E-state index is 12.9. The average Bonchev–Trinajstić information content (AvgIpc) is 2.68. The minimum absolute atomic E-state index is 0.0813. The molecule has 0 saturated heterocycles. The molecule has 0 amide bonds. The van der Waals surface area contributed by atoms with E-state index in [1.54, 1.807) is 10.8 Å². The van der Waals surface area contributed by atoms with Gasteiger partial charge < -0.3 is 0 Å². The smallest absolute Gasteiger partial charge is 0.277 e. The molecule has 0 unspecified atom stereocenters. The average molecular weight is 385 g/mol. The van der Waals surface area contributed by atoms with Gasteiger partial charge >= 0.3 is 5.69 Å². The Labute approximate surface area is 161 Å². The number of aryl methyl sites for hydroxylation is 1. The number of thioether (sulfide) groups is 1. The highest BCUT2D eigenvalue weighted by atomic mass is 32.2. The first-order valence-corrected chi connectivity index (χ1v) is 9.96. The second-order valence-corrected chi connectivity index (χ2v) is 7.61. The van der Waals surface area contributed by atoms with Crippen LogP contribution in [0.1, 0.15) is 44.6 Å². The summed E-state index contributed by atoms with van der Waals surface area (Å²) in [6, 6.07) is 5.73. The molecule has 0 aliphatic heterocycles. The van der Waals surface area contributed by atoms with Gasteiger partial charge in [0.1, 0.15) is 16.2 Å². The molecule has 0 N–H and O–H groups in total. The quantitative estimate of drug-likeness (QED) is 0.479. The third-order valence-corrected chi connectivity index (χ3v) is 5.22. The highest BCUT2D eigenvalue weighted by Gasteiger charge is 2.19. The Hall–Kier alpha value is -2.48. The van der Waals surface area contributed by atoms with Crippen LogP contribution in [0.4, 0.5) is 0 Å². The molecular formula is C19H23N5O2S. The van der Waals surface area contributed by atoms with E-state index in [9.17, 15) is 9.59 Å². The van der Waals surface area contributed by atoms with E-state index in [1.165, 1.54) is 18.8 Å². The van der Waals surface area contributed by atoms with Gasteiger partial charge in [-0.15, -0.1) is 0 Å². The van der Waals surface area contributed by atoms with Gasteiger partial charge in [0.05, 0.1) is 5.69 Å². The van der Waals surface area contributed by atoms with Gasteiger partial charge in [-0.05, 0) is 18.6 Å². The SMILES string of the molecule is CCCn1c(=O)n(C)c(=O)c2c(SCc3ccccn3)nc(C(C)C)nc21. The lowest BCUT2D eigenvalue weighted by Crippen LogP contribution is -2.39. The van der Waals surface area contributed by atoms with Crippen molar-refractivity contribution in [3.63, 3.8) is 0 Å². The predicted octanol–water partition coefficient (Wildman–Crippen LogP) is 2.71. The van der Waals surface area contributed by atoms with Crippen molar-refractivity contribution in [1.29, 1.82) is 0 Å². The molecule has 0 spiro atoms. The zero-order valence-electron chi connectivity index (χ0n) is 16.0. The fourth-order valence-corrected chi connectivity index (χ4v) is 3.70. The Bertz CT molecular complexity index is 1070. The molecule has 8 heteroatoms. The van der Waals surface area contributed by atoms with Gasteiger partial charge in [0.15, 0.2) is 5.65 Å². The number of pyridine rings is 1. The molecule has 3 aromatic rings. The Kier molecular flexibility index (Phi) is 5.74. The summed E-state index contributed by atoms with van der Waals surface area (Å²) in [5.74, 6) is 1.29. The molecule has 0 aliphatic rings. The Morgan fingerprint density at radius 1 is 1.19 bits per heavy atom. The third-order valence-electron chi connectivity index (χ3n) is 4.21. The van der Waals surface area contributed by atoms with E-state index in [1.807, 2.05) is 39.0 Å². The van der Waals surface area contributed by atoms with Crippen LogP contribution < -0.4 is 11.2 Å². The lowest BCUT2D eigenvalue weighted by Gasteiger charge is -2.15. The third kappa shape index (κ3) is 3.80. The van der Waals surface area contributed by atoms with Gasteiger partial charge in [-0.3, -0.25) is 18.9 Å². The van der Waals surface area contributed by atoms with E-state index in [-0.39, 0.29) is 17.2 Å². The van der Waals surface area contributed by atoms with Gasteiger partial charge in [0, 0.05) is 31.5 Å². The van der Waals surface area contributed by atoms with Crippen LogP contribution in [-0.4, -0.2) is 24.1 Å². The van der Waals surface area contributed by atoms with Crippen molar-refractivity contribution >= 4 is 22.8 Å². The fraction of sp³-hybridized carbons (Fsp3) is 0.421. The first-order valence-electron chi connectivity index (χ1n) is 8.98. The highest BCUT2D eigenvalue weighted by molar-refractivity contribution is 7.98. The van der Waals surface area contributed by atoms with E-state index in [4.69, 9.17) is 0 Å². The number of hydrogen-bond acceptors (Lipinski definition) is 6. The Morgan fingerprint density at radius 2 is 1.96 bits per heavy atom. The molecule has 0 fully saturated rings. The molecule has 3 heterocycles. The molecule has 142 valence electrons. The monoisotopic (exact) mass is 385 g/mol. The van der Waals surface area contributed by atoms with E-state index in [2.05, 4.69) is 15.0 Å². The maximum absolute atomic E-state index is 12.9. The fourth-order valence-electron chi connectivity index (χ4n) is 2.77. The lowest BCUT2D eigenvalue weighted by atomic mass is 10.2. The zero-order valence-corrected chi connectivity index (χ0v) is 16.8. The van der Waals surface area contributed by atoms with Crippen LogP contribution in [0.2, 0.25) is 0 Å². The van der Waals surface area contributed by atoms with Gasteiger partial charge in [-0.25, -0.2) is 14.8 Å². The minimum Gasteiger partial charge on any atom is -0.277 e. The number of nitrogens with zero attached hydrogens (tertiary/aromatic N) is 5. The first kappa shape index (κ1) is 19.3. The molecule has 0 saturated carbocycles. The van der Waals surface area contributed by atoms with Crippen LogP contribution in [0.15, 0.2) is 39.0 Å². The topological polar surface area (TPSA) is 82.7 Å². The molecule has 7 nitrogen and oxygen atoms in total. The van der Waals surface area contributed by atoms with Crippen molar-refractivity contribution in [3.8, 4) is 0 Å². The molecule has 0 radical (unpaired) electrons. The molecule has 0 aliphatic carbocycles. The van der Waals surface area contributed by atoms with Gasteiger partial charge in [-0.1, -0.05) is 38.6 Å². The van der Waals surface area contributed by atoms with Crippen molar-refractivity contribution in [2.45, 2.75) is 50.4 Å². The summed E-state index contributed by atoms with van der Waals surface area (Å²) in [6.07, 6.45) is 2.51. The van der Waals surface area contributed by atoms with Crippen LogP contribution in [0.5, 0.6) is 0 Å². The van der Waals surface area contributed by atoms with Gasteiger partial charge in [-0.2, -0.15) is 0 Å². The van der Waals surface area contributed by atoms with Crippen molar-refractivity contribution in [2.24, 2.45) is 7.05 Å². The van der Waals surface area contributed by atoms with Crippen LogP contribution >= 0.6 is 11.8 Å². The standard InChI is InChI=1S/C19H23N5O2S/c1-5-10-24-16-14(18(25)23(4)19(24)26)17(22-15(21-16)12(2)3)27-11-13-8-6-7-9-20-13/h6-9,12H,5,10-11H2,1-4H3. The van der Waals surface area contributed by atoms with Crippen molar-refractivity contribution in [2.75, 3.05) is 0 Å². The zero-order chi connectivity index (χ0) is 19.6. The molecule has 0 aromatic carbocycles. The number of fused-ring (bicyclic) bond motifs is 1. The Balaban J connectivity index is 2.24. The second kappa shape index (κ2) is 8.04.